The summed E-state index contributed by atoms with van der Waals surface area (Å²) < 4.78 is 2.54. The minimum atomic E-state index is -0.540. The Hall–Kier alpha value is -3.10. The molecule has 0 atom stereocenters. The molecule has 0 aliphatic carbocycles. The smallest absolute Gasteiger partial charge is 0.312 e. The zero-order chi connectivity index (χ0) is 21.1. The van der Waals surface area contributed by atoms with Crippen LogP contribution in [0.25, 0.3) is 16.9 Å². The second kappa shape index (κ2) is 8.73. The maximum absolute atomic E-state index is 10.8. The largest absolute Gasteiger partial charge is 0.366 e. The molecular formula is C21H18BrClN6O. The molecule has 0 aliphatic heterocycles. The van der Waals surface area contributed by atoms with Gasteiger partial charge in [0, 0.05) is 29.7 Å². The fraction of sp³-hybridized carbons (Fsp3) is 0.0952. The summed E-state index contributed by atoms with van der Waals surface area (Å²) in [6, 6.07) is 16.9. The van der Waals surface area contributed by atoms with Crippen LogP contribution in [0, 0.1) is 0 Å². The highest BCUT2D eigenvalue weighted by atomic mass is 79.9. The number of amides is 2. The second-order valence-electron chi connectivity index (χ2n) is 6.62. The number of carbonyl (C=O) groups is 1. The highest BCUT2D eigenvalue weighted by molar-refractivity contribution is 9.10. The lowest BCUT2D eigenvalue weighted by molar-refractivity contribution is 0.248. The van der Waals surface area contributed by atoms with Crippen LogP contribution in [-0.4, -0.2) is 20.6 Å². The van der Waals surface area contributed by atoms with E-state index in [1.807, 2.05) is 54.6 Å². The number of anilines is 1. The van der Waals surface area contributed by atoms with Crippen LogP contribution in [0.3, 0.4) is 0 Å². The summed E-state index contributed by atoms with van der Waals surface area (Å²) in [4.78, 5) is 15.5. The highest BCUT2D eigenvalue weighted by Gasteiger charge is 2.13. The first-order valence-electron chi connectivity index (χ1n) is 9.15. The predicted molar refractivity (Wildman–Crippen MR) is 121 cm³/mol. The average molecular weight is 486 g/mol. The van der Waals surface area contributed by atoms with Crippen molar-refractivity contribution in [2.75, 3.05) is 5.32 Å². The van der Waals surface area contributed by atoms with Crippen LogP contribution >= 0.6 is 27.5 Å². The minimum absolute atomic E-state index is 0.399. The molecule has 4 rings (SSSR count). The van der Waals surface area contributed by atoms with Gasteiger partial charge < -0.3 is 16.4 Å². The van der Waals surface area contributed by atoms with E-state index in [4.69, 9.17) is 22.3 Å². The van der Waals surface area contributed by atoms with Crippen molar-refractivity contribution in [1.29, 1.82) is 0 Å². The van der Waals surface area contributed by atoms with Crippen LogP contribution in [0.5, 0.6) is 0 Å². The van der Waals surface area contributed by atoms with E-state index in [0.717, 1.165) is 32.7 Å². The molecule has 0 bridgehead atoms. The first kappa shape index (κ1) is 20.2. The quantitative estimate of drug-likeness (QED) is 0.372. The summed E-state index contributed by atoms with van der Waals surface area (Å²) in [5.74, 6) is 0.792. The van der Waals surface area contributed by atoms with Crippen molar-refractivity contribution < 1.29 is 4.79 Å². The molecule has 0 saturated heterocycles. The Labute approximate surface area is 186 Å². The van der Waals surface area contributed by atoms with Gasteiger partial charge in [-0.1, -0.05) is 54.1 Å². The standard InChI is InChI=1S/C21H18BrClN6O/c22-16-12-27-29-19(9-18(28-20(16)29)15-3-1-2-4-17(15)23)25-10-13-5-7-14(8-6-13)11-26-21(24)30/h1-9,12,25H,10-11H2,(H3,24,26,30). The predicted octanol–water partition coefficient (Wildman–Crippen LogP) is 4.59. The first-order chi connectivity index (χ1) is 14.5. The lowest BCUT2D eigenvalue weighted by atomic mass is 10.1. The van der Waals surface area contributed by atoms with Gasteiger partial charge in [-0.3, -0.25) is 0 Å². The molecule has 4 N–H and O–H groups in total. The zero-order valence-electron chi connectivity index (χ0n) is 15.8. The zero-order valence-corrected chi connectivity index (χ0v) is 18.1. The van der Waals surface area contributed by atoms with Gasteiger partial charge in [0.25, 0.3) is 0 Å². The maximum atomic E-state index is 10.8. The Morgan fingerprint density at radius 1 is 1.10 bits per heavy atom. The molecule has 0 spiro atoms. The fourth-order valence-corrected chi connectivity index (χ4v) is 3.61. The van der Waals surface area contributed by atoms with E-state index in [1.54, 1.807) is 10.7 Å². The van der Waals surface area contributed by atoms with Gasteiger partial charge >= 0.3 is 6.03 Å². The molecule has 2 amide bonds. The van der Waals surface area contributed by atoms with Crippen LogP contribution in [0.4, 0.5) is 10.6 Å². The molecule has 0 aliphatic rings. The molecule has 0 saturated carbocycles. The Balaban J connectivity index is 1.59. The number of primary amides is 1. The van der Waals surface area contributed by atoms with Crippen molar-refractivity contribution in [2.24, 2.45) is 5.73 Å². The molecule has 0 radical (unpaired) electrons. The summed E-state index contributed by atoms with van der Waals surface area (Å²) in [5.41, 5.74) is 9.46. The van der Waals surface area contributed by atoms with E-state index in [0.29, 0.717) is 23.8 Å². The lowest BCUT2D eigenvalue weighted by Gasteiger charge is -2.12. The number of hydrogen-bond acceptors (Lipinski definition) is 4. The molecule has 2 aromatic heterocycles. The summed E-state index contributed by atoms with van der Waals surface area (Å²) in [6.45, 7) is 0.985. The Morgan fingerprint density at radius 3 is 2.50 bits per heavy atom. The molecule has 9 heteroatoms. The third kappa shape index (κ3) is 4.39. The topological polar surface area (TPSA) is 97.3 Å². The van der Waals surface area contributed by atoms with E-state index in [9.17, 15) is 4.79 Å². The molecule has 30 heavy (non-hydrogen) atoms. The van der Waals surface area contributed by atoms with Crippen molar-refractivity contribution in [3.8, 4) is 11.3 Å². The van der Waals surface area contributed by atoms with E-state index in [-0.39, 0.29) is 0 Å². The van der Waals surface area contributed by atoms with Gasteiger partial charge in [-0.15, -0.1) is 0 Å². The monoisotopic (exact) mass is 484 g/mol. The first-order valence-corrected chi connectivity index (χ1v) is 10.3. The van der Waals surface area contributed by atoms with Gasteiger partial charge in [-0.05, 0) is 33.1 Å². The van der Waals surface area contributed by atoms with Crippen LogP contribution in [0.15, 0.2) is 65.3 Å². The minimum Gasteiger partial charge on any atom is -0.366 e. The van der Waals surface area contributed by atoms with Crippen LogP contribution in [0.1, 0.15) is 11.1 Å². The summed E-state index contributed by atoms with van der Waals surface area (Å²) in [5, 5.41) is 11.0. The SMILES string of the molecule is NC(=O)NCc1ccc(CNc2cc(-c3ccccc3Cl)nc3c(Br)cnn23)cc1. The Kier molecular flexibility index (Phi) is 5.87. The van der Waals surface area contributed by atoms with Gasteiger partial charge in [0.15, 0.2) is 5.65 Å². The third-order valence-electron chi connectivity index (χ3n) is 4.54. The summed E-state index contributed by atoms with van der Waals surface area (Å²) in [7, 11) is 0. The Morgan fingerprint density at radius 2 is 1.80 bits per heavy atom. The number of hydrogen-bond donors (Lipinski definition) is 3. The van der Waals surface area contributed by atoms with Gasteiger partial charge in [-0.2, -0.15) is 9.61 Å². The van der Waals surface area contributed by atoms with Crippen molar-refractivity contribution in [2.45, 2.75) is 13.1 Å². The van der Waals surface area contributed by atoms with Gasteiger partial charge in [0.2, 0.25) is 0 Å². The van der Waals surface area contributed by atoms with E-state index >= 15 is 0 Å². The molecular weight excluding hydrogens is 468 g/mol. The number of halogens is 2. The number of benzene rings is 2. The van der Waals surface area contributed by atoms with Crippen LogP contribution < -0.4 is 16.4 Å². The van der Waals surface area contributed by atoms with Crippen molar-refractivity contribution >= 4 is 45.0 Å². The number of nitrogens with one attached hydrogen (secondary N) is 2. The highest BCUT2D eigenvalue weighted by Crippen LogP contribution is 2.30. The number of carbonyl (C=O) groups excluding carboxylic acids is 1. The van der Waals surface area contributed by atoms with Crippen molar-refractivity contribution in [1.82, 2.24) is 19.9 Å². The molecule has 2 heterocycles. The number of fused-ring (bicyclic) bond motifs is 1. The summed E-state index contributed by atoms with van der Waals surface area (Å²) in [6.07, 6.45) is 1.71. The molecule has 2 aromatic carbocycles. The fourth-order valence-electron chi connectivity index (χ4n) is 3.03. The van der Waals surface area contributed by atoms with E-state index in [1.165, 1.54) is 0 Å². The van der Waals surface area contributed by atoms with Gasteiger partial charge in [0.05, 0.1) is 16.4 Å². The Bertz CT molecular complexity index is 1210. The molecule has 4 aromatic rings. The number of rotatable bonds is 6. The van der Waals surface area contributed by atoms with Crippen molar-refractivity contribution in [3.05, 3.63) is 81.4 Å². The molecule has 0 fully saturated rings. The van der Waals surface area contributed by atoms with E-state index in [2.05, 4.69) is 31.7 Å². The molecule has 152 valence electrons. The lowest BCUT2D eigenvalue weighted by Crippen LogP contribution is -2.28. The normalized spacial score (nSPS) is 10.9. The number of nitrogens with two attached hydrogens (primary N) is 1. The van der Waals surface area contributed by atoms with Crippen molar-refractivity contribution in [3.63, 3.8) is 0 Å². The third-order valence-corrected chi connectivity index (χ3v) is 5.43. The number of nitrogens with zero attached hydrogens (tertiary/aromatic N) is 3. The van der Waals surface area contributed by atoms with Gasteiger partial charge in [-0.25, -0.2) is 9.78 Å². The molecule has 7 nitrogen and oxygen atoms in total. The van der Waals surface area contributed by atoms with E-state index < -0.39 is 6.03 Å². The van der Waals surface area contributed by atoms with Crippen LogP contribution in [0.2, 0.25) is 5.02 Å². The summed E-state index contributed by atoms with van der Waals surface area (Å²) >= 11 is 9.89. The van der Waals surface area contributed by atoms with Gasteiger partial charge in [0.1, 0.15) is 5.82 Å². The average Bonchev–Trinajstić information content (AvgIpc) is 3.12. The second-order valence-corrected chi connectivity index (χ2v) is 7.88. The van der Waals surface area contributed by atoms with Crippen LogP contribution in [-0.2, 0) is 13.1 Å². The number of aromatic nitrogens is 3. The molecule has 0 unspecified atom stereocenters. The number of urea groups is 1. The maximum Gasteiger partial charge on any atom is 0.312 e.